The number of hydrogen-bond acceptors (Lipinski definition) is 7. The van der Waals surface area contributed by atoms with Crippen molar-refractivity contribution in [3.8, 4) is 0 Å². The highest BCUT2D eigenvalue weighted by atomic mass is 35.5. The zero-order valence-corrected chi connectivity index (χ0v) is 14.8. The van der Waals surface area contributed by atoms with Crippen LogP contribution in [0.2, 0.25) is 0 Å². The number of amides is 1. The Morgan fingerprint density at radius 1 is 1.22 bits per heavy atom. The van der Waals surface area contributed by atoms with Gasteiger partial charge in [0, 0.05) is 0 Å². The van der Waals surface area contributed by atoms with Gasteiger partial charge >= 0.3 is 0 Å². The average Bonchev–Trinajstić information content (AvgIpc) is 2.84. The van der Waals surface area contributed by atoms with Crippen LogP contribution >= 0.6 is 23.7 Å². The number of nitrogens with two attached hydrogens (primary N) is 1. The maximum Gasteiger partial charge on any atom is 0.250 e. The first-order valence-corrected chi connectivity index (χ1v) is 8.86. The van der Waals surface area contributed by atoms with E-state index in [9.17, 15) is 13.2 Å². The Morgan fingerprint density at radius 2 is 1.78 bits per heavy atom. The number of carbonyl (C=O) groups excluding carboxylic acids is 1. The van der Waals surface area contributed by atoms with E-state index in [1.54, 1.807) is 31.2 Å². The number of sulfonamides is 1. The highest BCUT2D eigenvalue weighted by Crippen LogP contribution is 2.24. The van der Waals surface area contributed by atoms with Gasteiger partial charge in [0.2, 0.25) is 20.3 Å². The van der Waals surface area contributed by atoms with Gasteiger partial charge in [-0.3, -0.25) is 14.8 Å². The molecule has 23 heavy (non-hydrogen) atoms. The Morgan fingerprint density at radius 3 is 2.35 bits per heavy atom. The Labute approximate surface area is 144 Å². The summed E-state index contributed by atoms with van der Waals surface area (Å²) in [6.07, 6.45) is 0.999. The van der Waals surface area contributed by atoms with Crippen LogP contribution in [0.15, 0.2) is 30.3 Å². The number of carbonyl (C=O) groups is 1. The fraction of sp³-hybridized carbons (Fsp3) is 0.250. The van der Waals surface area contributed by atoms with Crippen LogP contribution in [-0.4, -0.2) is 30.8 Å². The molecule has 1 aromatic heterocycles. The first-order chi connectivity index (χ1) is 10.2. The van der Waals surface area contributed by atoms with E-state index in [-0.39, 0.29) is 22.7 Å². The van der Waals surface area contributed by atoms with Crippen molar-refractivity contribution in [2.24, 2.45) is 5.73 Å². The lowest BCUT2D eigenvalue weighted by molar-refractivity contribution is -0.120. The van der Waals surface area contributed by atoms with E-state index in [2.05, 4.69) is 20.2 Å². The molecule has 0 bridgehead atoms. The Kier molecular flexibility index (Phi) is 6.05. The summed E-state index contributed by atoms with van der Waals surface area (Å²) < 4.78 is 24.4. The van der Waals surface area contributed by atoms with Crippen LogP contribution in [0.5, 0.6) is 0 Å². The van der Waals surface area contributed by atoms with Crippen molar-refractivity contribution in [1.29, 1.82) is 0 Å². The smallest absolute Gasteiger partial charge is 0.250 e. The van der Waals surface area contributed by atoms with E-state index in [4.69, 9.17) is 5.73 Å². The summed E-state index contributed by atoms with van der Waals surface area (Å²) >= 11 is 0.899. The fourth-order valence-corrected chi connectivity index (χ4v) is 3.08. The molecule has 1 aromatic carbocycles. The van der Waals surface area contributed by atoms with E-state index >= 15 is 0 Å². The molecule has 0 spiro atoms. The third-order valence-corrected chi connectivity index (χ3v) is 4.21. The van der Waals surface area contributed by atoms with Crippen LogP contribution in [0.3, 0.4) is 0 Å². The van der Waals surface area contributed by atoms with E-state index in [1.165, 1.54) is 0 Å². The van der Waals surface area contributed by atoms with Gasteiger partial charge < -0.3 is 5.73 Å². The summed E-state index contributed by atoms with van der Waals surface area (Å²) in [6.45, 7) is 1.58. The van der Waals surface area contributed by atoms with Crippen molar-refractivity contribution in [2.75, 3.05) is 16.3 Å². The molecule has 1 atom stereocenters. The molecule has 1 amide bonds. The summed E-state index contributed by atoms with van der Waals surface area (Å²) in [6, 6.07) is 8.89. The fourth-order valence-electron chi connectivity index (χ4n) is 1.62. The molecule has 0 saturated heterocycles. The monoisotopic (exact) mass is 377 g/mol. The molecule has 0 fully saturated rings. The molecular weight excluding hydrogens is 362 g/mol. The average molecular weight is 378 g/mol. The van der Waals surface area contributed by atoms with Crippen LogP contribution in [0, 0.1) is 0 Å². The Bertz CT molecular complexity index is 777. The molecule has 0 aliphatic heterocycles. The van der Waals surface area contributed by atoms with E-state index in [0.29, 0.717) is 5.56 Å². The van der Waals surface area contributed by atoms with Crippen LogP contribution in [0.1, 0.15) is 12.5 Å². The third-order valence-electron chi connectivity index (χ3n) is 2.76. The maximum atomic E-state index is 12.3. The predicted molar refractivity (Wildman–Crippen MR) is 92.2 cm³/mol. The number of rotatable bonds is 5. The second-order valence-corrected chi connectivity index (χ2v) is 7.54. The molecule has 0 aliphatic rings. The number of nitrogens with zero attached hydrogens (tertiary/aromatic N) is 2. The lowest BCUT2D eigenvalue weighted by Crippen LogP contribution is -2.45. The molecule has 1 heterocycles. The van der Waals surface area contributed by atoms with Crippen molar-refractivity contribution in [1.82, 2.24) is 10.2 Å². The first-order valence-electron chi connectivity index (χ1n) is 6.15. The molecular formula is C12H16ClN5O3S2. The van der Waals surface area contributed by atoms with Crippen LogP contribution in [0.25, 0.3) is 0 Å². The van der Waals surface area contributed by atoms with E-state index in [0.717, 1.165) is 17.6 Å². The van der Waals surface area contributed by atoms with Gasteiger partial charge in [-0.05, 0) is 12.5 Å². The molecule has 126 valence electrons. The Balaban J connectivity index is 0.00000264. The highest BCUT2D eigenvalue weighted by Gasteiger charge is 2.31. The van der Waals surface area contributed by atoms with Gasteiger partial charge in [0.15, 0.2) is 0 Å². The molecule has 0 aliphatic carbocycles. The number of aromatic nitrogens is 2. The van der Waals surface area contributed by atoms with Gasteiger partial charge in [-0.25, -0.2) is 8.42 Å². The first kappa shape index (κ1) is 19.3. The topological polar surface area (TPSA) is 127 Å². The van der Waals surface area contributed by atoms with Gasteiger partial charge in [-0.1, -0.05) is 41.7 Å². The van der Waals surface area contributed by atoms with Crippen molar-refractivity contribution >= 4 is 49.9 Å². The van der Waals surface area contributed by atoms with Crippen LogP contribution in [-0.2, 0) is 20.4 Å². The molecule has 2 rings (SSSR count). The standard InChI is InChI=1S/C12H15N5O3S2.ClH/c1-12(13,8-6-4-3-5-7-8)9(18)14-10-15-16-11(21-10)17-22(2,19)20;/h3-7H,13H2,1-2H3,(H,16,17)(H,14,15,18);1H. The zero-order chi connectivity index (χ0) is 16.4. The maximum absolute atomic E-state index is 12.3. The number of anilines is 2. The minimum Gasteiger partial charge on any atom is -0.314 e. The van der Waals surface area contributed by atoms with Gasteiger partial charge in [0.1, 0.15) is 5.54 Å². The second-order valence-electron chi connectivity index (χ2n) is 4.81. The normalized spacial score (nSPS) is 13.5. The Hall–Kier alpha value is -1.75. The summed E-state index contributed by atoms with van der Waals surface area (Å²) in [7, 11) is -3.44. The summed E-state index contributed by atoms with van der Waals surface area (Å²) in [5, 5.41) is 10.1. The van der Waals surface area contributed by atoms with Gasteiger partial charge in [0.05, 0.1) is 6.26 Å². The SMILES string of the molecule is CC(N)(C(=O)Nc1nnc(NS(C)(=O)=O)s1)c1ccccc1.Cl. The van der Waals surface area contributed by atoms with Crippen molar-refractivity contribution in [3.63, 3.8) is 0 Å². The largest absolute Gasteiger partial charge is 0.314 e. The quantitative estimate of drug-likeness (QED) is 0.717. The predicted octanol–water partition coefficient (Wildman–Crippen LogP) is 1.14. The molecule has 0 radical (unpaired) electrons. The summed E-state index contributed by atoms with van der Waals surface area (Å²) in [4.78, 5) is 12.3. The minimum atomic E-state index is -3.44. The molecule has 1 unspecified atom stereocenters. The molecule has 8 nitrogen and oxygen atoms in total. The van der Waals surface area contributed by atoms with Crippen molar-refractivity contribution in [3.05, 3.63) is 35.9 Å². The summed E-state index contributed by atoms with van der Waals surface area (Å²) in [5.41, 5.74) is 5.46. The molecule has 11 heteroatoms. The van der Waals surface area contributed by atoms with Gasteiger partial charge in [0.25, 0.3) is 5.91 Å². The van der Waals surface area contributed by atoms with E-state index < -0.39 is 21.5 Å². The lowest BCUT2D eigenvalue weighted by atomic mass is 9.92. The zero-order valence-electron chi connectivity index (χ0n) is 12.3. The molecule has 4 N–H and O–H groups in total. The number of nitrogens with one attached hydrogen (secondary N) is 2. The van der Waals surface area contributed by atoms with Gasteiger partial charge in [-0.15, -0.1) is 22.6 Å². The van der Waals surface area contributed by atoms with Gasteiger partial charge in [-0.2, -0.15) is 0 Å². The highest BCUT2D eigenvalue weighted by molar-refractivity contribution is 7.92. The number of halogens is 1. The van der Waals surface area contributed by atoms with Crippen molar-refractivity contribution < 1.29 is 13.2 Å². The molecule has 0 saturated carbocycles. The molecule has 2 aromatic rings. The third kappa shape index (κ3) is 5.13. The van der Waals surface area contributed by atoms with Crippen LogP contribution < -0.4 is 15.8 Å². The van der Waals surface area contributed by atoms with Crippen molar-refractivity contribution in [2.45, 2.75) is 12.5 Å². The number of benzene rings is 1. The van der Waals surface area contributed by atoms with Crippen LogP contribution in [0.4, 0.5) is 10.3 Å². The lowest BCUT2D eigenvalue weighted by Gasteiger charge is -2.23. The summed E-state index contributed by atoms with van der Waals surface area (Å²) in [5.74, 6) is -0.472. The minimum absolute atomic E-state index is 0. The number of hydrogen-bond donors (Lipinski definition) is 3. The second kappa shape index (κ2) is 7.21. The van der Waals surface area contributed by atoms with E-state index in [1.807, 2.05) is 6.07 Å².